The Bertz CT molecular complexity index is 1470. The molecule has 1 unspecified atom stereocenters. The molecule has 1 atom stereocenters. The van der Waals surface area contributed by atoms with Gasteiger partial charge in [-0.2, -0.15) is 14.1 Å². The van der Waals surface area contributed by atoms with Crippen LogP contribution in [0.5, 0.6) is 0 Å². The van der Waals surface area contributed by atoms with Gasteiger partial charge >= 0.3 is 0 Å². The second-order valence-corrected chi connectivity index (χ2v) is 12.8. The van der Waals surface area contributed by atoms with Crippen molar-refractivity contribution >= 4 is 54.6 Å². The summed E-state index contributed by atoms with van der Waals surface area (Å²) in [6.45, 7) is 6.55. The van der Waals surface area contributed by atoms with E-state index in [-0.39, 0.29) is 12.5 Å². The minimum atomic E-state index is -3.58. The first-order valence-corrected chi connectivity index (χ1v) is 14.2. The lowest BCUT2D eigenvalue weighted by atomic mass is 9.99. The van der Waals surface area contributed by atoms with E-state index in [0.29, 0.717) is 34.5 Å². The van der Waals surface area contributed by atoms with E-state index >= 15 is 0 Å². The van der Waals surface area contributed by atoms with E-state index in [1.807, 2.05) is 19.9 Å². The van der Waals surface area contributed by atoms with Crippen LogP contribution in [0.15, 0.2) is 39.9 Å². The third-order valence-corrected chi connectivity index (χ3v) is 10.1. The summed E-state index contributed by atoms with van der Waals surface area (Å²) in [5.41, 5.74) is 3.96. The molecule has 1 amide bonds. The number of nitrogens with one attached hydrogen (secondary N) is 1. The van der Waals surface area contributed by atoms with Crippen LogP contribution in [0, 0.1) is 26.7 Å². The fourth-order valence-corrected chi connectivity index (χ4v) is 8.10. The van der Waals surface area contributed by atoms with E-state index < -0.39 is 15.9 Å². The Balaban J connectivity index is 1.38. The number of thiophene rings is 1. The van der Waals surface area contributed by atoms with Crippen LogP contribution < -0.4 is 5.32 Å². The van der Waals surface area contributed by atoms with Gasteiger partial charge in [-0.25, -0.2) is 13.4 Å². The van der Waals surface area contributed by atoms with E-state index in [2.05, 4.69) is 29.5 Å². The van der Waals surface area contributed by atoms with Gasteiger partial charge in [0.15, 0.2) is 0 Å². The van der Waals surface area contributed by atoms with E-state index in [4.69, 9.17) is 4.98 Å². The predicted octanol–water partition coefficient (Wildman–Crippen LogP) is 4.51. The topological polar surface area (TPSA) is 97.2 Å². The molecule has 0 radical (unpaired) electrons. The van der Waals surface area contributed by atoms with Crippen LogP contribution in [0.1, 0.15) is 29.7 Å². The van der Waals surface area contributed by atoms with Crippen molar-refractivity contribution in [3.8, 4) is 5.13 Å². The molecule has 1 aliphatic rings. The predicted molar refractivity (Wildman–Crippen MR) is 135 cm³/mol. The first-order valence-electron chi connectivity index (χ1n) is 11.0. The Morgan fingerprint density at radius 2 is 2.03 bits per heavy atom. The molecule has 1 aliphatic heterocycles. The van der Waals surface area contributed by atoms with Crippen LogP contribution in [0.3, 0.4) is 0 Å². The van der Waals surface area contributed by atoms with Crippen LogP contribution in [0.2, 0.25) is 0 Å². The molecule has 3 aromatic heterocycles. The average Bonchev–Trinajstić information content (AvgIpc) is 3.54. The summed E-state index contributed by atoms with van der Waals surface area (Å²) < 4.78 is 30.3. The summed E-state index contributed by atoms with van der Waals surface area (Å²) in [7, 11) is -3.58. The molecule has 1 fully saturated rings. The first-order chi connectivity index (χ1) is 16.2. The number of piperidine rings is 1. The molecule has 4 aromatic rings. The normalized spacial score (nSPS) is 17.3. The molecule has 0 saturated carbocycles. The number of carbonyl (C=O) groups is 1. The van der Waals surface area contributed by atoms with E-state index in [0.717, 1.165) is 21.5 Å². The van der Waals surface area contributed by atoms with Crippen molar-refractivity contribution in [2.75, 3.05) is 18.4 Å². The molecule has 0 spiro atoms. The summed E-state index contributed by atoms with van der Waals surface area (Å²) in [6.07, 6.45) is 1.27. The number of hydrogen-bond donors (Lipinski definition) is 1. The summed E-state index contributed by atoms with van der Waals surface area (Å²) in [4.78, 5) is 18.0. The van der Waals surface area contributed by atoms with Crippen molar-refractivity contribution in [3.63, 3.8) is 0 Å². The van der Waals surface area contributed by atoms with Crippen molar-refractivity contribution in [2.45, 2.75) is 37.8 Å². The van der Waals surface area contributed by atoms with Gasteiger partial charge in [-0.3, -0.25) is 4.79 Å². The summed E-state index contributed by atoms with van der Waals surface area (Å²) in [6, 6.07) is 9.34. The van der Waals surface area contributed by atoms with Gasteiger partial charge in [-0.05, 0) is 62.3 Å². The number of carbonyl (C=O) groups excluding carboxylic acids is 1. The van der Waals surface area contributed by atoms with E-state index in [1.54, 1.807) is 22.2 Å². The van der Waals surface area contributed by atoms with Crippen LogP contribution in [0.4, 0.5) is 5.82 Å². The quantitative estimate of drug-likeness (QED) is 0.422. The molecule has 5 rings (SSSR count). The number of thiazole rings is 1. The van der Waals surface area contributed by atoms with Gasteiger partial charge in [0, 0.05) is 19.2 Å². The molecule has 1 saturated heterocycles. The summed E-state index contributed by atoms with van der Waals surface area (Å²) >= 11 is 2.72. The molecular formula is C23H25N5O3S3. The number of fused-ring (bicyclic) bond motifs is 1. The fourth-order valence-electron chi connectivity index (χ4n) is 4.32. The van der Waals surface area contributed by atoms with Crippen LogP contribution in [-0.2, 0) is 14.8 Å². The number of anilines is 1. The third kappa shape index (κ3) is 4.28. The lowest BCUT2D eigenvalue weighted by Gasteiger charge is -2.30. The van der Waals surface area contributed by atoms with Crippen LogP contribution in [-0.4, -0.2) is 46.5 Å². The molecule has 11 heteroatoms. The highest BCUT2D eigenvalue weighted by Crippen LogP contribution is 2.31. The highest BCUT2D eigenvalue weighted by atomic mass is 32.2. The maximum absolute atomic E-state index is 13.2. The number of aromatic nitrogens is 3. The van der Waals surface area contributed by atoms with Gasteiger partial charge in [-0.15, -0.1) is 11.3 Å². The van der Waals surface area contributed by atoms with Crippen molar-refractivity contribution in [2.24, 2.45) is 5.92 Å². The van der Waals surface area contributed by atoms with Gasteiger partial charge in [0.1, 0.15) is 10.0 Å². The van der Waals surface area contributed by atoms with Crippen molar-refractivity contribution in [3.05, 3.63) is 52.5 Å². The molecule has 8 nitrogen and oxygen atoms in total. The van der Waals surface area contributed by atoms with Gasteiger partial charge in [0.25, 0.3) is 10.0 Å². The Morgan fingerprint density at radius 3 is 2.79 bits per heavy atom. The zero-order valence-electron chi connectivity index (χ0n) is 19.1. The first kappa shape index (κ1) is 23.2. The summed E-state index contributed by atoms with van der Waals surface area (Å²) in [5.74, 6) is -0.109. The Kier molecular flexibility index (Phi) is 6.05. The molecule has 178 valence electrons. The second-order valence-electron chi connectivity index (χ2n) is 8.63. The third-order valence-electron chi connectivity index (χ3n) is 5.93. The van der Waals surface area contributed by atoms with Gasteiger partial charge < -0.3 is 5.32 Å². The Labute approximate surface area is 206 Å². The van der Waals surface area contributed by atoms with Crippen LogP contribution >= 0.6 is 22.7 Å². The zero-order valence-corrected chi connectivity index (χ0v) is 21.6. The number of rotatable bonds is 5. The molecule has 0 bridgehead atoms. The number of aryl methyl sites for hydroxylation is 3. The lowest BCUT2D eigenvalue weighted by Crippen LogP contribution is -2.43. The highest BCUT2D eigenvalue weighted by Gasteiger charge is 2.34. The lowest BCUT2D eigenvalue weighted by molar-refractivity contribution is -0.120. The number of hydrogen-bond acceptors (Lipinski definition) is 7. The zero-order chi connectivity index (χ0) is 24.0. The molecule has 1 aromatic carbocycles. The van der Waals surface area contributed by atoms with Crippen molar-refractivity contribution < 1.29 is 13.2 Å². The number of sulfonamides is 1. The van der Waals surface area contributed by atoms with Gasteiger partial charge in [-0.1, -0.05) is 23.5 Å². The maximum atomic E-state index is 13.2. The summed E-state index contributed by atoms with van der Waals surface area (Å²) in [5, 5.41) is 9.97. The molecular weight excluding hydrogens is 490 g/mol. The maximum Gasteiger partial charge on any atom is 0.252 e. The van der Waals surface area contributed by atoms with E-state index in [9.17, 15) is 13.2 Å². The number of benzene rings is 1. The van der Waals surface area contributed by atoms with Gasteiger partial charge in [0.05, 0.1) is 21.8 Å². The smallest absolute Gasteiger partial charge is 0.252 e. The molecule has 0 aliphatic carbocycles. The second kappa shape index (κ2) is 8.88. The average molecular weight is 516 g/mol. The standard InChI is InChI=1S/C23H25N5O3S3/c1-14-10-15(2)21-18(11-14)33-23(25-21)28-19(12-16(3)26-28)24-22(29)17-6-4-8-27(13-17)34(30,31)20-7-5-9-32-20/h5,7,9-12,17H,4,6,8,13H2,1-3H3,(H,24,29). The number of amides is 1. The Morgan fingerprint density at radius 1 is 1.21 bits per heavy atom. The SMILES string of the molecule is Cc1cc(C)c2nc(-n3nc(C)cc3NC(=O)C3CCCN(S(=O)(=O)c4cccs4)C3)sc2c1. The highest BCUT2D eigenvalue weighted by molar-refractivity contribution is 7.91. The largest absolute Gasteiger partial charge is 0.310 e. The van der Waals surface area contributed by atoms with Crippen molar-refractivity contribution in [1.82, 2.24) is 19.1 Å². The van der Waals surface area contributed by atoms with Gasteiger partial charge in [0.2, 0.25) is 11.0 Å². The van der Waals surface area contributed by atoms with Crippen molar-refractivity contribution in [1.29, 1.82) is 0 Å². The van der Waals surface area contributed by atoms with Crippen LogP contribution in [0.25, 0.3) is 15.3 Å². The monoisotopic (exact) mass is 515 g/mol. The van der Waals surface area contributed by atoms with E-state index in [1.165, 1.54) is 32.5 Å². The number of nitrogens with zero attached hydrogens (tertiary/aromatic N) is 4. The molecule has 1 N–H and O–H groups in total. The molecule has 4 heterocycles. The minimum Gasteiger partial charge on any atom is -0.310 e. The fraction of sp³-hybridized carbons (Fsp3) is 0.348. The Hall–Kier alpha value is -2.60. The minimum absolute atomic E-state index is 0.165. The molecule has 34 heavy (non-hydrogen) atoms.